The Hall–Kier alpha value is -3.51. The van der Waals surface area contributed by atoms with E-state index in [9.17, 15) is 4.79 Å². The molecule has 1 unspecified atom stereocenters. The first-order valence-electron chi connectivity index (χ1n) is 11.9. The van der Waals surface area contributed by atoms with Crippen LogP contribution in [0.1, 0.15) is 68.4 Å². The van der Waals surface area contributed by atoms with Gasteiger partial charge in [0, 0.05) is 16.8 Å². The van der Waals surface area contributed by atoms with Gasteiger partial charge < -0.3 is 9.73 Å². The quantitative estimate of drug-likeness (QED) is 0.288. The molecule has 0 aliphatic carbocycles. The number of thiocarbonyl (C=S) groups is 1. The average Bonchev–Trinajstić information content (AvgIpc) is 3.27. The molecule has 35 heavy (non-hydrogen) atoms. The van der Waals surface area contributed by atoms with E-state index in [4.69, 9.17) is 16.6 Å². The van der Waals surface area contributed by atoms with Crippen molar-refractivity contribution in [1.82, 2.24) is 10.3 Å². The Morgan fingerprint density at radius 3 is 2.34 bits per heavy atom. The van der Waals surface area contributed by atoms with E-state index in [1.165, 1.54) is 11.1 Å². The van der Waals surface area contributed by atoms with Crippen LogP contribution in [0.5, 0.6) is 0 Å². The second-order valence-corrected chi connectivity index (χ2v) is 10.3. The second-order valence-electron chi connectivity index (χ2n) is 9.87. The molecular weight excluding hydrogens is 454 g/mol. The molecule has 0 aliphatic rings. The van der Waals surface area contributed by atoms with Crippen molar-refractivity contribution >= 4 is 40.0 Å². The van der Waals surface area contributed by atoms with Gasteiger partial charge in [-0.1, -0.05) is 52.8 Å². The van der Waals surface area contributed by atoms with Gasteiger partial charge in [-0.2, -0.15) is 0 Å². The normalized spacial score (nSPS) is 12.4. The van der Waals surface area contributed by atoms with E-state index in [0.29, 0.717) is 17.4 Å². The van der Waals surface area contributed by atoms with Crippen LogP contribution in [0.3, 0.4) is 0 Å². The van der Waals surface area contributed by atoms with Crippen LogP contribution in [0.25, 0.3) is 22.6 Å². The lowest BCUT2D eigenvalue weighted by atomic mass is 9.87. The van der Waals surface area contributed by atoms with Gasteiger partial charge in [0.25, 0.3) is 5.91 Å². The first kappa shape index (κ1) is 24.6. The lowest BCUT2D eigenvalue weighted by molar-refractivity contribution is 0.0977. The standard InChI is InChI=1S/C29H31N3O2S/c1-6-18(2)21-11-16-25-24(17-21)31-27(34-25)20-9-14-23(15-10-20)30-28(35)32-26(33)19-7-12-22(13-8-19)29(3,4)5/h7-18H,6H2,1-5H3,(H2,30,32,33,35). The fourth-order valence-electron chi connectivity index (χ4n) is 3.77. The third-order valence-electron chi connectivity index (χ3n) is 6.22. The summed E-state index contributed by atoms with van der Waals surface area (Å²) in [6.07, 6.45) is 1.08. The Morgan fingerprint density at radius 2 is 1.71 bits per heavy atom. The van der Waals surface area contributed by atoms with Gasteiger partial charge in [0.2, 0.25) is 5.89 Å². The largest absolute Gasteiger partial charge is 0.436 e. The van der Waals surface area contributed by atoms with Crippen LogP contribution >= 0.6 is 12.2 Å². The highest BCUT2D eigenvalue weighted by molar-refractivity contribution is 7.80. The molecule has 1 amide bonds. The van der Waals surface area contributed by atoms with Gasteiger partial charge in [-0.15, -0.1) is 0 Å². The number of hydrogen-bond acceptors (Lipinski definition) is 4. The van der Waals surface area contributed by atoms with Crippen molar-refractivity contribution < 1.29 is 9.21 Å². The Labute approximate surface area is 212 Å². The molecule has 0 fully saturated rings. The Morgan fingerprint density at radius 1 is 1.03 bits per heavy atom. The molecule has 0 bridgehead atoms. The van der Waals surface area contributed by atoms with E-state index in [0.717, 1.165) is 28.8 Å². The van der Waals surface area contributed by atoms with Crippen LogP contribution in [0.4, 0.5) is 5.69 Å². The summed E-state index contributed by atoms with van der Waals surface area (Å²) < 4.78 is 5.96. The van der Waals surface area contributed by atoms with Gasteiger partial charge in [-0.05, 0) is 89.6 Å². The number of nitrogens with one attached hydrogen (secondary N) is 2. The summed E-state index contributed by atoms with van der Waals surface area (Å²) in [5, 5.41) is 6.03. The summed E-state index contributed by atoms with van der Waals surface area (Å²) in [5.41, 5.74) is 6.29. The van der Waals surface area contributed by atoms with E-state index in [2.05, 4.69) is 62.4 Å². The lowest BCUT2D eigenvalue weighted by Crippen LogP contribution is -2.34. The molecule has 6 heteroatoms. The van der Waals surface area contributed by atoms with Crippen LogP contribution in [-0.4, -0.2) is 16.0 Å². The minimum absolute atomic E-state index is 0.0342. The highest BCUT2D eigenvalue weighted by Gasteiger charge is 2.15. The monoisotopic (exact) mass is 485 g/mol. The van der Waals surface area contributed by atoms with Crippen LogP contribution < -0.4 is 10.6 Å². The third kappa shape index (κ3) is 5.77. The predicted octanol–water partition coefficient (Wildman–Crippen LogP) is 7.43. The predicted molar refractivity (Wildman–Crippen MR) is 147 cm³/mol. The van der Waals surface area contributed by atoms with Crippen LogP contribution in [-0.2, 0) is 5.41 Å². The van der Waals surface area contributed by atoms with Gasteiger partial charge in [-0.3, -0.25) is 10.1 Å². The molecule has 1 heterocycles. The van der Waals surface area contributed by atoms with E-state index < -0.39 is 0 Å². The number of anilines is 1. The smallest absolute Gasteiger partial charge is 0.257 e. The molecule has 2 N–H and O–H groups in total. The fourth-order valence-corrected chi connectivity index (χ4v) is 3.98. The molecule has 4 rings (SSSR count). The summed E-state index contributed by atoms with van der Waals surface area (Å²) in [7, 11) is 0. The number of amides is 1. The molecule has 0 radical (unpaired) electrons. The highest BCUT2D eigenvalue weighted by atomic mass is 32.1. The topological polar surface area (TPSA) is 67.2 Å². The van der Waals surface area contributed by atoms with Gasteiger partial charge in [-0.25, -0.2) is 4.98 Å². The van der Waals surface area contributed by atoms with Crippen molar-refractivity contribution in [2.45, 2.75) is 52.4 Å². The summed E-state index contributed by atoms with van der Waals surface area (Å²) in [5.74, 6) is 0.808. The van der Waals surface area contributed by atoms with Crippen molar-refractivity contribution in [2.24, 2.45) is 0 Å². The molecule has 0 aliphatic heterocycles. The number of hydrogen-bond donors (Lipinski definition) is 2. The Balaban J connectivity index is 1.40. The zero-order valence-electron chi connectivity index (χ0n) is 20.8. The Bertz CT molecular complexity index is 1350. The maximum Gasteiger partial charge on any atom is 0.257 e. The molecule has 3 aromatic carbocycles. The number of benzene rings is 3. The van der Waals surface area contributed by atoms with Crippen molar-refractivity contribution in [3.63, 3.8) is 0 Å². The van der Waals surface area contributed by atoms with E-state index >= 15 is 0 Å². The van der Waals surface area contributed by atoms with Crippen LogP contribution in [0, 0.1) is 0 Å². The van der Waals surface area contributed by atoms with E-state index in [-0.39, 0.29) is 16.4 Å². The molecular formula is C29H31N3O2S. The molecule has 1 aromatic heterocycles. The molecule has 5 nitrogen and oxygen atoms in total. The zero-order chi connectivity index (χ0) is 25.2. The summed E-state index contributed by atoms with van der Waals surface area (Å²) >= 11 is 5.34. The number of aromatic nitrogens is 1. The summed E-state index contributed by atoms with van der Waals surface area (Å²) in [6, 6.07) is 21.4. The number of oxazole rings is 1. The molecule has 1 atom stereocenters. The van der Waals surface area contributed by atoms with Crippen molar-refractivity contribution in [3.05, 3.63) is 83.4 Å². The molecule has 0 spiro atoms. The third-order valence-corrected chi connectivity index (χ3v) is 6.43. The second kappa shape index (κ2) is 10.0. The fraction of sp³-hybridized carbons (Fsp3) is 0.276. The van der Waals surface area contributed by atoms with Crippen molar-refractivity contribution in [3.8, 4) is 11.5 Å². The van der Waals surface area contributed by atoms with Gasteiger partial charge in [0.1, 0.15) is 5.52 Å². The number of carbonyl (C=O) groups excluding carboxylic acids is 1. The van der Waals surface area contributed by atoms with Gasteiger partial charge in [0.15, 0.2) is 10.7 Å². The van der Waals surface area contributed by atoms with Gasteiger partial charge >= 0.3 is 0 Å². The maximum absolute atomic E-state index is 12.6. The minimum atomic E-state index is -0.247. The van der Waals surface area contributed by atoms with Crippen LogP contribution in [0.2, 0.25) is 0 Å². The van der Waals surface area contributed by atoms with Crippen LogP contribution in [0.15, 0.2) is 71.1 Å². The molecule has 180 valence electrons. The summed E-state index contributed by atoms with van der Waals surface area (Å²) in [4.78, 5) is 17.2. The maximum atomic E-state index is 12.6. The van der Waals surface area contributed by atoms with E-state index in [1.807, 2.05) is 54.6 Å². The van der Waals surface area contributed by atoms with Gasteiger partial charge in [0.05, 0.1) is 0 Å². The molecule has 0 saturated heterocycles. The first-order chi connectivity index (χ1) is 16.6. The Kier molecular flexibility index (Phi) is 7.03. The lowest BCUT2D eigenvalue weighted by Gasteiger charge is -2.19. The van der Waals surface area contributed by atoms with E-state index in [1.54, 1.807) is 0 Å². The zero-order valence-corrected chi connectivity index (χ0v) is 21.6. The number of fused-ring (bicyclic) bond motifs is 1. The number of rotatable bonds is 5. The molecule has 4 aromatic rings. The van der Waals surface area contributed by atoms with Crippen molar-refractivity contribution in [2.75, 3.05) is 5.32 Å². The molecule has 0 saturated carbocycles. The highest BCUT2D eigenvalue weighted by Crippen LogP contribution is 2.28. The minimum Gasteiger partial charge on any atom is -0.436 e. The number of nitrogens with zero attached hydrogens (tertiary/aromatic N) is 1. The SMILES string of the molecule is CCC(C)c1ccc2oc(-c3ccc(NC(=S)NC(=O)c4ccc(C(C)(C)C)cc4)cc3)nc2c1. The summed E-state index contributed by atoms with van der Waals surface area (Å²) in [6.45, 7) is 10.8. The first-order valence-corrected chi connectivity index (χ1v) is 12.3. The van der Waals surface area contributed by atoms with Crippen molar-refractivity contribution in [1.29, 1.82) is 0 Å². The average molecular weight is 486 g/mol. The number of carbonyl (C=O) groups is 1.